The summed E-state index contributed by atoms with van der Waals surface area (Å²) < 4.78 is 10.5. The third-order valence-electron chi connectivity index (χ3n) is 5.44. The molecule has 0 saturated carbocycles. The molecule has 0 aliphatic carbocycles. The number of benzene rings is 4. The Morgan fingerprint density at radius 3 is 1.32 bits per heavy atom. The number of aliphatic carboxylic acids is 1. The normalized spacial score (nSPS) is 9.78. The molecular weight excluding hydrogens is 508 g/mol. The number of carbonyl (C=O) groups excluding carboxylic acids is 2. The Kier molecular flexibility index (Phi) is 10.6. The van der Waals surface area contributed by atoms with Gasteiger partial charge in [-0.15, -0.1) is 0 Å². The molecular formula is C32H28N2O6. The lowest BCUT2D eigenvalue weighted by Crippen LogP contribution is -1.87. The standard InChI is InChI=1S/2C14H9NO2.C2H4O2.C2H6/c2*16-9-10-5-1-2-6-11(10)14-12-7-3-4-8-13(12)17-15-14;1-2(3)4;1-2/h2*1-9H;1H3,(H,3,4);1-2H3. The molecule has 0 aliphatic heterocycles. The number of aldehydes is 2. The van der Waals surface area contributed by atoms with Crippen molar-refractivity contribution in [1.82, 2.24) is 10.3 Å². The molecule has 2 heterocycles. The Morgan fingerprint density at radius 2 is 0.950 bits per heavy atom. The summed E-state index contributed by atoms with van der Waals surface area (Å²) >= 11 is 0. The molecule has 1 N–H and O–H groups in total. The predicted molar refractivity (Wildman–Crippen MR) is 154 cm³/mol. The van der Waals surface area contributed by atoms with Crippen LogP contribution in [-0.2, 0) is 4.79 Å². The number of hydrogen-bond acceptors (Lipinski definition) is 7. The summed E-state index contributed by atoms with van der Waals surface area (Å²) in [5.41, 5.74) is 5.70. The number of rotatable bonds is 4. The molecule has 0 aliphatic rings. The molecule has 0 fully saturated rings. The van der Waals surface area contributed by atoms with Gasteiger partial charge in [-0.3, -0.25) is 14.4 Å². The van der Waals surface area contributed by atoms with Gasteiger partial charge in [0.05, 0.1) is 0 Å². The first-order chi connectivity index (χ1) is 19.5. The van der Waals surface area contributed by atoms with Crippen LogP contribution in [0.3, 0.4) is 0 Å². The van der Waals surface area contributed by atoms with E-state index in [0.717, 1.165) is 52.6 Å². The van der Waals surface area contributed by atoms with Gasteiger partial charge in [-0.25, -0.2) is 0 Å². The molecule has 8 nitrogen and oxygen atoms in total. The van der Waals surface area contributed by atoms with Gasteiger partial charge in [0.25, 0.3) is 5.97 Å². The van der Waals surface area contributed by atoms with Crippen molar-refractivity contribution in [2.45, 2.75) is 20.8 Å². The Hall–Kier alpha value is -5.37. The smallest absolute Gasteiger partial charge is 0.300 e. The molecule has 0 atom stereocenters. The number of hydrogen-bond donors (Lipinski definition) is 1. The van der Waals surface area contributed by atoms with Crippen LogP contribution < -0.4 is 0 Å². The van der Waals surface area contributed by atoms with Crippen LogP contribution in [-0.4, -0.2) is 34.0 Å². The molecule has 0 bridgehead atoms. The van der Waals surface area contributed by atoms with Crippen molar-refractivity contribution in [2.75, 3.05) is 0 Å². The molecule has 0 spiro atoms. The highest BCUT2D eigenvalue weighted by molar-refractivity contribution is 5.98. The topological polar surface area (TPSA) is 124 Å². The lowest BCUT2D eigenvalue weighted by molar-refractivity contribution is -0.134. The average molecular weight is 537 g/mol. The summed E-state index contributed by atoms with van der Waals surface area (Å²) in [6, 6.07) is 29.9. The van der Waals surface area contributed by atoms with Gasteiger partial charge in [0, 0.05) is 39.9 Å². The summed E-state index contributed by atoms with van der Waals surface area (Å²) in [6.45, 7) is 5.08. The van der Waals surface area contributed by atoms with E-state index in [0.29, 0.717) is 22.5 Å². The molecule has 2 aromatic heterocycles. The van der Waals surface area contributed by atoms with E-state index < -0.39 is 5.97 Å². The van der Waals surface area contributed by atoms with Crippen molar-refractivity contribution >= 4 is 40.5 Å². The van der Waals surface area contributed by atoms with E-state index in [-0.39, 0.29) is 0 Å². The number of para-hydroxylation sites is 2. The van der Waals surface area contributed by atoms with Crippen LogP contribution in [0.1, 0.15) is 41.5 Å². The first-order valence-electron chi connectivity index (χ1n) is 12.5. The van der Waals surface area contributed by atoms with E-state index >= 15 is 0 Å². The fraction of sp³-hybridized carbons (Fsp3) is 0.0938. The SMILES string of the molecule is CC.CC(=O)O.O=Cc1ccccc1-c1noc2ccccc12.O=Cc1ccccc1-c1noc2ccccc12. The maximum absolute atomic E-state index is 11.0. The van der Waals surface area contributed by atoms with E-state index in [1.165, 1.54) is 0 Å². The zero-order chi connectivity index (χ0) is 28.9. The summed E-state index contributed by atoms with van der Waals surface area (Å²) in [7, 11) is 0. The lowest BCUT2D eigenvalue weighted by atomic mass is 10.0. The average Bonchev–Trinajstić information content (AvgIpc) is 3.63. The van der Waals surface area contributed by atoms with Crippen LogP contribution in [0.2, 0.25) is 0 Å². The number of carboxylic acid groups (broad SMARTS) is 1. The molecule has 4 aromatic carbocycles. The Morgan fingerprint density at radius 1 is 0.625 bits per heavy atom. The number of fused-ring (bicyclic) bond motifs is 2. The third kappa shape index (κ3) is 6.93. The van der Waals surface area contributed by atoms with Crippen molar-refractivity contribution in [3.63, 3.8) is 0 Å². The van der Waals surface area contributed by atoms with Crippen LogP contribution in [0, 0.1) is 0 Å². The molecule has 0 amide bonds. The minimum absolute atomic E-state index is 0.617. The largest absolute Gasteiger partial charge is 0.481 e. The van der Waals surface area contributed by atoms with Crippen LogP contribution in [0.25, 0.3) is 44.5 Å². The zero-order valence-corrected chi connectivity index (χ0v) is 22.3. The highest BCUT2D eigenvalue weighted by Crippen LogP contribution is 2.30. The second-order valence-corrected chi connectivity index (χ2v) is 7.98. The number of carbonyl (C=O) groups is 3. The Labute approximate surface area is 230 Å². The maximum Gasteiger partial charge on any atom is 0.300 e. The van der Waals surface area contributed by atoms with Crippen molar-refractivity contribution in [1.29, 1.82) is 0 Å². The minimum atomic E-state index is -0.833. The first kappa shape index (κ1) is 29.2. The van der Waals surface area contributed by atoms with Crippen LogP contribution in [0.15, 0.2) is 106 Å². The number of carboxylic acids is 1. The van der Waals surface area contributed by atoms with Crippen LogP contribution in [0.4, 0.5) is 0 Å². The van der Waals surface area contributed by atoms with Gasteiger partial charge in [-0.1, -0.05) is 97.0 Å². The Bertz CT molecular complexity index is 1590. The van der Waals surface area contributed by atoms with Crippen LogP contribution in [0.5, 0.6) is 0 Å². The monoisotopic (exact) mass is 536 g/mol. The van der Waals surface area contributed by atoms with E-state index in [1.807, 2.05) is 98.8 Å². The summed E-state index contributed by atoms with van der Waals surface area (Å²) in [4.78, 5) is 31.0. The molecule has 8 heteroatoms. The molecule has 202 valence electrons. The second-order valence-electron chi connectivity index (χ2n) is 7.98. The molecule has 40 heavy (non-hydrogen) atoms. The van der Waals surface area contributed by atoms with Gasteiger partial charge in [0.2, 0.25) is 0 Å². The van der Waals surface area contributed by atoms with Gasteiger partial charge in [0.1, 0.15) is 11.4 Å². The van der Waals surface area contributed by atoms with Gasteiger partial charge in [0.15, 0.2) is 23.7 Å². The summed E-state index contributed by atoms with van der Waals surface area (Å²) in [5.74, 6) is -0.833. The summed E-state index contributed by atoms with van der Waals surface area (Å²) in [6.07, 6.45) is 1.66. The molecule has 0 saturated heterocycles. The van der Waals surface area contributed by atoms with Gasteiger partial charge >= 0.3 is 0 Å². The Balaban J connectivity index is 0.000000185. The summed E-state index contributed by atoms with van der Waals surface area (Å²) in [5, 5.41) is 17.3. The molecule has 6 aromatic rings. The number of aromatic nitrogens is 2. The highest BCUT2D eigenvalue weighted by Gasteiger charge is 2.13. The van der Waals surface area contributed by atoms with Crippen molar-refractivity contribution in [2.24, 2.45) is 0 Å². The number of nitrogens with zero attached hydrogens (tertiary/aromatic N) is 2. The second kappa shape index (κ2) is 14.5. The van der Waals surface area contributed by atoms with Crippen molar-refractivity contribution < 1.29 is 28.5 Å². The molecule has 6 rings (SSSR count). The van der Waals surface area contributed by atoms with E-state index in [4.69, 9.17) is 18.9 Å². The van der Waals surface area contributed by atoms with E-state index in [1.54, 1.807) is 12.1 Å². The van der Waals surface area contributed by atoms with E-state index in [9.17, 15) is 9.59 Å². The van der Waals surface area contributed by atoms with Gasteiger partial charge in [-0.2, -0.15) is 0 Å². The quantitative estimate of drug-likeness (QED) is 0.227. The van der Waals surface area contributed by atoms with Gasteiger partial charge in [-0.05, 0) is 24.3 Å². The molecule has 0 unspecified atom stereocenters. The van der Waals surface area contributed by atoms with Crippen molar-refractivity contribution in [3.05, 3.63) is 108 Å². The van der Waals surface area contributed by atoms with E-state index in [2.05, 4.69) is 10.3 Å². The minimum Gasteiger partial charge on any atom is -0.481 e. The predicted octanol–water partition coefficient (Wildman–Crippen LogP) is 7.73. The van der Waals surface area contributed by atoms with Gasteiger partial charge < -0.3 is 14.2 Å². The lowest BCUT2D eigenvalue weighted by Gasteiger charge is -1.99. The highest BCUT2D eigenvalue weighted by atomic mass is 16.5. The third-order valence-corrected chi connectivity index (χ3v) is 5.44. The fourth-order valence-corrected chi connectivity index (χ4v) is 3.79. The van der Waals surface area contributed by atoms with Crippen molar-refractivity contribution in [3.8, 4) is 22.5 Å². The zero-order valence-electron chi connectivity index (χ0n) is 22.3. The molecule has 0 radical (unpaired) electrons. The maximum atomic E-state index is 11.0. The fourth-order valence-electron chi connectivity index (χ4n) is 3.79. The first-order valence-corrected chi connectivity index (χ1v) is 12.5. The van der Waals surface area contributed by atoms with Crippen LogP contribution >= 0.6 is 0 Å².